The van der Waals surface area contributed by atoms with E-state index in [0.717, 1.165) is 24.9 Å². The Hall–Kier alpha value is -0.730. The van der Waals surface area contributed by atoms with Gasteiger partial charge in [0.15, 0.2) is 0 Å². The molecule has 2 saturated carbocycles. The first-order valence-corrected chi connectivity index (χ1v) is 8.40. The van der Waals surface area contributed by atoms with Gasteiger partial charge in [-0.3, -0.25) is 0 Å². The number of nitrogens with one attached hydrogen (secondary N) is 1. The molecule has 19 heavy (non-hydrogen) atoms. The van der Waals surface area contributed by atoms with Gasteiger partial charge in [0.1, 0.15) is 0 Å². The third kappa shape index (κ3) is 3.06. The standard InChI is InChI=1S/C16H28N2O/c19-16(18-11-5-6-12-18)17-15(13-7-1-2-8-13)14-9-3-4-10-14/h13-15H,1-12H2,(H,17,19). The van der Waals surface area contributed by atoms with Gasteiger partial charge in [-0.15, -0.1) is 0 Å². The molecule has 0 unspecified atom stereocenters. The molecule has 3 nitrogen and oxygen atoms in total. The monoisotopic (exact) mass is 264 g/mol. The Balaban J connectivity index is 1.62. The summed E-state index contributed by atoms with van der Waals surface area (Å²) in [6.07, 6.45) is 13.2. The van der Waals surface area contributed by atoms with E-state index in [2.05, 4.69) is 5.32 Å². The first-order chi connectivity index (χ1) is 9.34. The molecule has 2 amide bonds. The molecule has 0 radical (unpaired) electrons. The van der Waals surface area contributed by atoms with Gasteiger partial charge in [0.2, 0.25) is 0 Å². The summed E-state index contributed by atoms with van der Waals surface area (Å²) in [6, 6.07) is 0.694. The summed E-state index contributed by atoms with van der Waals surface area (Å²) >= 11 is 0. The van der Waals surface area contributed by atoms with Gasteiger partial charge in [-0.2, -0.15) is 0 Å². The zero-order valence-electron chi connectivity index (χ0n) is 12.1. The number of hydrogen-bond acceptors (Lipinski definition) is 1. The largest absolute Gasteiger partial charge is 0.335 e. The average molecular weight is 264 g/mol. The highest BCUT2D eigenvalue weighted by atomic mass is 16.2. The lowest BCUT2D eigenvalue weighted by atomic mass is 9.86. The quantitative estimate of drug-likeness (QED) is 0.831. The van der Waals surface area contributed by atoms with Crippen LogP contribution in [0.15, 0.2) is 0 Å². The Labute approximate surface area is 117 Å². The normalized spacial score (nSPS) is 25.6. The molecule has 0 spiro atoms. The minimum atomic E-state index is 0.223. The van der Waals surface area contributed by atoms with Crippen LogP contribution in [0.3, 0.4) is 0 Å². The van der Waals surface area contributed by atoms with Crippen LogP contribution < -0.4 is 5.32 Å². The van der Waals surface area contributed by atoms with E-state index < -0.39 is 0 Å². The van der Waals surface area contributed by atoms with Crippen LogP contribution in [0.1, 0.15) is 64.2 Å². The molecule has 3 fully saturated rings. The Bertz CT molecular complexity index is 284. The maximum atomic E-state index is 12.4. The van der Waals surface area contributed by atoms with Gasteiger partial charge in [-0.05, 0) is 50.4 Å². The van der Waals surface area contributed by atoms with Crippen molar-refractivity contribution in [2.24, 2.45) is 11.8 Å². The van der Waals surface area contributed by atoms with Crippen LogP contribution in [0.5, 0.6) is 0 Å². The minimum absolute atomic E-state index is 0.223. The van der Waals surface area contributed by atoms with E-state index in [1.54, 1.807) is 0 Å². The molecule has 0 atom stereocenters. The molecule has 1 N–H and O–H groups in total. The SMILES string of the molecule is O=C(NC(C1CCCC1)C1CCCC1)N1CCCC1. The number of carbonyl (C=O) groups is 1. The van der Waals surface area contributed by atoms with E-state index in [1.165, 1.54) is 64.2 Å². The average Bonchev–Trinajstić information content (AvgIpc) is 3.17. The highest BCUT2D eigenvalue weighted by Gasteiger charge is 2.35. The summed E-state index contributed by atoms with van der Waals surface area (Å²) in [5, 5.41) is 3.43. The maximum absolute atomic E-state index is 12.4. The number of urea groups is 1. The van der Waals surface area contributed by atoms with E-state index in [4.69, 9.17) is 0 Å². The molecular weight excluding hydrogens is 236 g/mol. The highest BCUT2D eigenvalue weighted by Crippen LogP contribution is 2.37. The van der Waals surface area contributed by atoms with Gasteiger partial charge in [0.05, 0.1) is 0 Å². The second-order valence-electron chi connectivity index (χ2n) is 6.76. The van der Waals surface area contributed by atoms with Crippen LogP contribution >= 0.6 is 0 Å². The van der Waals surface area contributed by atoms with E-state index in [1.807, 2.05) is 4.90 Å². The van der Waals surface area contributed by atoms with E-state index in [0.29, 0.717) is 6.04 Å². The smallest absolute Gasteiger partial charge is 0.317 e. The van der Waals surface area contributed by atoms with Crippen molar-refractivity contribution in [2.45, 2.75) is 70.3 Å². The Morgan fingerprint density at radius 3 is 1.79 bits per heavy atom. The third-order valence-corrected chi connectivity index (χ3v) is 5.50. The fraction of sp³-hybridized carbons (Fsp3) is 0.938. The lowest BCUT2D eigenvalue weighted by Gasteiger charge is -2.32. The van der Waals surface area contributed by atoms with Crippen LogP contribution in [0.25, 0.3) is 0 Å². The molecule has 0 aromatic carbocycles. The van der Waals surface area contributed by atoms with Gasteiger partial charge in [0, 0.05) is 19.1 Å². The number of amides is 2. The predicted octanol–water partition coefficient (Wildman–Crippen LogP) is 3.54. The maximum Gasteiger partial charge on any atom is 0.317 e. The number of nitrogens with zero attached hydrogens (tertiary/aromatic N) is 1. The topological polar surface area (TPSA) is 32.3 Å². The van der Waals surface area contributed by atoms with Crippen LogP contribution in [-0.2, 0) is 0 Å². The lowest BCUT2D eigenvalue weighted by molar-refractivity contribution is 0.186. The summed E-state index contributed by atoms with van der Waals surface area (Å²) in [6.45, 7) is 1.93. The molecule has 3 rings (SSSR count). The van der Waals surface area contributed by atoms with Gasteiger partial charge in [-0.1, -0.05) is 25.7 Å². The number of hydrogen-bond donors (Lipinski definition) is 1. The molecule has 108 valence electrons. The second-order valence-corrected chi connectivity index (χ2v) is 6.76. The molecule has 0 aromatic rings. The number of carbonyl (C=O) groups excluding carboxylic acids is 1. The molecule has 0 aromatic heterocycles. The molecule has 3 aliphatic rings. The van der Waals surface area contributed by atoms with Gasteiger partial charge in [0.25, 0.3) is 0 Å². The Kier molecular flexibility index (Phi) is 4.29. The molecule has 3 heteroatoms. The lowest BCUT2D eigenvalue weighted by Crippen LogP contribution is -2.49. The van der Waals surface area contributed by atoms with Crippen molar-refractivity contribution in [2.75, 3.05) is 13.1 Å². The molecule has 0 bridgehead atoms. The van der Waals surface area contributed by atoms with Crippen LogP contribution in [0, 0.1) is 11.8 Å². The first kappa shape index (κ1) is 13.3. The zero-order chi connectivity index (χ0) is 13.1. The van der Waals surface area contributed by atoms with Crippen molar-refractivity contribution in [3.8, 4) is 0 Å². The summed E-state index contributed by atoms with van der Waals surface area (Å²) in [5.41, 5.74) is 0. The van der Waals surface area contributed by atoms with Gasteiger partial charge >= 0.3 is 6.03 Å². The predicted molar refractivity (Wildman–Crippen MR) is 77.0 cm³/mol. The summed E-state index contributed by atoms with van der Waals surface area (Å²) in [5.74, 6) is 1.52. The van der Waals surface area contributed by atoms with Crippen molar-refractivity contribution >= 4 is 6.03 Å². The van der Waals surface area contributed by atoms with Crippen LogP contribution in [0.4, 0.5) is 4.79 Å². The minimum Gasteiger partial charge on any atom is -0.335 e. The fourth-order valence-electron chi connectivity index (χ4n) is 4.41. The van der Waals surface area contributed by atoms with Crippen molar-refractivity contribution in [3.05, 3.63) is 0 Å². The number of rotatable bonds is 3. The summed E-state index contributed by atoms with van der Waals surface area (Å²) in [4.78, 5) is 14.4. The highest BCUT2D eigenvalue weighted by molar-refractivity contribution is 5.74. The van der Waals surface area contributed by atoms with Crippen molar-refractivity contribution in [3.63, 3.8) is 0 Å². The van der Waals surface area contributed by atoms with E-state index in [-0.39, 0.29) is 6.03 Å². The van der Waals surface area contributed by atoms with Crippen molar-refractivity contribution in [1.29, 1.82) is 0 Å². The molecular formula is C16H28N2O. The van der Waals surface area contributed by atoms with E-state index in [9.17, 15) is 4.79 Å². The summed E-state index contributed by atoms with van der Waals surface area (Å²) in [7, 11) is 0. The van der Waals surface area contributed by atoms with Crippen LogP contribution in [-0.4, -0.2) is 30.1 Å². The Morgan fingerprint density at radius 2 is 1.32 bits per heavy atom. The first-order valence-electron chi connectivity index (χ1n) is 8.40. The fourth-order valence-corrected chi connectivity index (χ4v) is 4.41. The van der Waals surface area contributed by atoms with Crippen LogP contribution in [0.2, 0.25) is 0 Å². The van der Waals surface area contributed by atoms with Crippen molar-refractivity contribution < 1.29 is 4.79 Å². The summed E-state index contributed by atoms with van der Waals surface area (Å²) < 4.78 is 0. The molecule has 2 aliphatic carbocycles. The number of likely N-dealkylation sites (tertiary alicyclic amines) is 1. The van der Waals surface area contributed by atoms with E-state index >= 15 is 0 Å². The molecule has 1 heterocycles. The van der Waals surface area contributed by atoms with Gasteiger partial charge in [-0.25, -0.2) is 4.79 Å². The Morgan fingerprint density at radius 1 is 0.842 bits per heavy atom. The van der Waals surface area contributed by atoms with Crippen molar-refractivity contribution in [1.82, 2.24) is 10.2 Å². The second kappa shape index (κ2) is 6.15. The van der Waals surface area contributed by atoms with Gasteiger partial charge < -0.3 is 10.2 Å². The third-order valence-electron chi connectivity index (χ3n) is 5.50. The molecule has 1 aliphatic heterocycles. The molecule has 1 saturated heterocycles. The zero-order valence-corrected chi connectivity index (χ0v) is 12.1.